The van der Waals surface area contributed by atoms with E-state index in [2.05, 4.69) is 5.32 Å². The molecule has 0 atom stereocenters. The van der Waals surface area contributed by atoms with Crippen LogP contribution in [-0.2, 0) is 0 Å². The van der Waals surface area contributed by atoms with Crippen molar-refractivity contribution in [1.82, 2.24) is 0 Å². The Morgan fingerprint density at radius 2 is 2.00 bits per heavy atom. The van der Waals surface area contributed by atoms with Gasteiger partial charge in [-0.3, -0.25) is 4.79 Å². The Hall–Kier alpha value is -2.36. The summed E-state index contributed by atoms with van der Waals surface area (Å²) >= 11 is 0. The summed E-state index contributed by atoms with van der Waals surface area (Å²) in [5.74, 6) is -0.493. The Morgan fingerprint density at radius 1 is 1.24 bits per heavy atom. The molecular weight excluding hydrogens is 267 g/mol. The van der Waals surface area contributed by atoms with Gasteiger partial charge in [0.15, 0.2) is 0 Å². The van der Waals surface area contributed by atoms with E-state index in [0.717, 1.165) is 11.3 Å². The van der Waals surface area contributed by atoms with E-state index in [0.29, 0.717) is 17.8 Å². The number of benzene rings is 2. The fourth-order valence-electron chi connectivity index (χ4n) is 2.29. The van der Waals surface area contributed by atoms with Gasteiger partial charge in [0.2, 0.25) is 0 Å². The average Bonchev–Trinajstić information content (AvgIpc) is 2.48. The van der Waals surface area contributed by atoms with Crippen LogP contribution in [0.15, 0.2) is 42.5 Å². The van der Waals surface area contributed by atoms with E-state index in [1.807, 2.05) is 32.0 Å². The number of halogens is 1. The molecule has 0 spiro atoms. The van der Waals surface area contributed by atoms with Crippen LogP contribution in [0.25, 0.3) is 0 Å². The highest BCUT2D eigenvalue weighted by atomic mass is 19.1. The van der Waals surface area contributed by atoms with E-state index in [9.17, 15) is 9.18 Å². The highest BCUT2D eigenvalue weighted by Gasteiger charge is 2.19. The van der Waals surface area contributed by atoms with Gasteiger partial charge in [0.05, 0.1) is 5.56 Å². The number of hydrogen-bond donors (Lipinski definition) is 1. The van der Waals surface area contributed by atoms with Gasteiger partial charge < -0.3 is 10.2 Å². The van der Waals surface area contributed by atoms with Gasteiger partial charge in [0, 0.05) is 25.0 Å². The Kier molecular flexibility index (Phi) is 4.58. The molecule has 2 rings (SSSR count). The number of nitrogens with one attached hydrogen (secondary N) is 1. The van der Waals surface area contributed by atoms with Crippen molar-refractivity contribution in [2.75, 3.05) is 23.8 Å². The summed E-state index contributed by atoms with van der Waals surface area (Å²) in [6.07, 6.45) is 0. The van der Waals surface area contributed by atoms with E-state index in [-0.39, 0.29) is 11.7 Å². The smallest absolute Gasteiger partial charge is 0.260 e. The van der Waals surface area contributed by atoms with Crippen LogP contribution >= 0.6 is 0 Å². The zero-order valence-corrected chi connectivity index (χ0v) is 12.5. The third-order valence-electron chi connectivity index (χ3n) is 3.36. The number of nitrogens with zero attached hydrogens (tertiary/aromatic N) is 1. The van der Waals surface area contributed by atoms with Crippen molar-refractivity contribution >= 4 is 17.3 Å². The van der Waals surface area contributed by atoms with E-state index in [4.69, 9.17) is 0 Å². The van der Waals surface area contributed by atoms with Gasteiger partial charge in [0.1, 0.15) is 5.82 Å². The molecule has 1 amide bonds. The summed E-state index contributed by atoms with van der Waals surface area (Å²) in [6.45, 7) is 4.28. The topological polar surface area (TPSA) is 32.3 Å². The molecule has 0 radical (unpaired) electrons. The van der Waals surface area contributed by atoms with Gasteiger partial charge in [-0.15, -0.1) is 0 Å². The maximum atomic E-state index is 13.4. The van der Waals surface area contributed by atoms with E-state index >= 15 is 0 Å². The summed E-state index contributed by atoms with van der Waals surface area (Å²) in [5, 5.41) is 3.02. The van der Waals surface area contributed by atoms with Crippen LogP contribution in [0.5, 0.6) is 0 Å². The van der Waals surface area contributed by atoms with Crippen molar-refractivity contribution in [2.24, 2.45) is 0 Å². The molecule has 0 aliphatic rings. The molecule has 0 saturated carbocycles. The van der Waals surface area contributed by atoms with Crippen molar-refractivity contribution in [3.05, 3.63) is 59.4 Å². The Balaban J connectivity index is 2.43. The maximum absolute atomic E-state index is 13.4. The first-order chi connectivity index (χ1) is 10.1. The molecule has 0 fully saturated rings. The molecule has 2 aromatic rings. The summed E-state index contributed by atoms with van der Waals surface area (Å²) in [4.78, 5) is 14.4. The SMILES string of the molecule is CCN(C(=O)c1cc(C)ccc1NC)c1cccc(F)c1. The lowest BCUT2D eigenvalue weighted by Gasteiger charge is -2.22. The molecule has 110 valence electrons. The number of anilines is 2. The molecule has 0 aromatic heterocycles. The van der Waals surface area contributed by atoms with Crippen LogP contribution in [-0.4, -0.2) is 19.5 Å². The van der Waals surface area contributed by atoms with E-state index < -0.39 is 0 Å². The van der Waals surface area contributed by atoms with Crippen LogP contribution < -0.4 is 10.2 Å². The Labute approximate surface area is 124 Å². The normalized spacial score (nSPS) is 10.3. The molecule has 2 aromatic carbocycles. The second kappa shape index (κ2) is 6.39. The molecule has 3 nitrogen and oxygen atoms in total. The van der Waals surface area contributed by atoms with Gasteiger partial charge in [-0.1, -0.05) is 17.7 Å². The van der Waals surface area contributed by atoms with Crippen LogP contribution in [0.1, 0.15) is 22.8 Å². The molecule has 0 heterocycles. The predicted molar refractivity (Wildman–Crippen MR) is 84.5 cm³/mol. The van der Waals surface area contributed by atoms with Crippen LogP contribution in [0.2, 0.25) is 0 Å². The van der Waals surface area contributed by atoms with Crippen molar-refractivity contribution in [2.45, 2.75) is 13.8 Å². The molecule has 4 heteroatoms. The largest absolute Gasteiger partial charge is 0.387 e. The Bertz CT molecular complexity index is 655. The van der Waals surface area contributed by atoms with E-state index in [1.165, 1.54) is 12.1 Å². The number of carbonyl (C=O) groups excluding carboxylic acids is 1. The second-order valence-electron chi connectivity index (χ2n) is 4.83. The quantitative estimate of drug-likeness (QED) is 0.926. The van der Waals surface area contributed by atoms with Crippen molar-refractivity contribution in [3.63, 3.8) is 0 Å². The van der Waals surface area contributed by atoms with Gasteiger partial charge in [-0.05, 0) is 44.2 Å². The van der Waals surface area contributed by atoms with Crippen molar-refractivity contribution in [1.29, 1.82) is 0 Å². The van der Waals surface area contributed by atoms with Crippen molar-refractivity contribution in [3.8, 4) is 0 Å². The number of carbonyl (C=O) groups is 1. The minimum absolute atomic E-state index is 0.142. The summed E-state index contributed by atoms with van der Waals surface area (Å²) < 4.78 is 13.4. The van der Waals surface area contributed by atoms with E-state index in [1.54, 1.807) is 24.1 Å². The average molecular weight is 286 g/mol. The third-order valence-corrected chi connectivity index (χ3v) is 3.36. The first-order valence-corrected chi connectivity index (χ1v) is 6.92. The lowest BCUT2D eigenvalue weighted by atomic mass is 10.1. The molecular formula is C17H19FN2O. The maximum Gasteiger partial charge on any atom is 0.260 e. The minimum atomic E-state index is -0.350. The van der Waals surface area contributed by atoms with Gasteiger partial charge >= 0.3 is 0 Å². The van der Waals surface area contributed by atoms with Gasteiger partial charge in [-0.25, -0.2) is 4.39 Å². The minimum Gasteiger partial charge on any atom is -0.387 e. The van der Waals surface area contributed by atoms with Crippen LogP contribution in [0.3, 0.4) is 0 Å². The monoisotopic (exact) mass is 286 g/mol. The summed E-state index contributed by atoms with van der Waals surface area (Å²) in [6, 6.07) is 11.7. The molecule has 0 aliphatic heterocycles. The highest BCUT2D eigenvalue weighted by Crippen LogP contribution is 2.23. The molecule has 1 N–H and O–H groups in total. The van der Waals surface area contributed by atoms with Crippen molar-refractivity contribution < 1.29 is 9.18 Å². The Morgan fingerprint density at radius 3 is 2.62 bits per heavy atom. The standard InChI is InChI=1S/C17H19FN2O/c1-4-20(14-7-5-6-13(18)11-14)17(21)15-10-12(2)8-9-16(15)19-3/h5-11,19H,4H2,1-3H3. The molecule has 0 saturated heterocycles. The second-order valence-corrected chi connectivity index (χ2v) is 4.83. The van der Waals surface area contributed by atoms with Gasteiger partial charge in [-0.2, -0.15) is 0 Å². The first-order valence-electron chi connectivity index (χ1n) is 6.92. The zero-order valence-electron chi connectivity index (χ0n) is 12.5. The fraction of sp³-hybridized carbons (Fsp3) is 0.235. The molecule has 21 heavy (non-hydrogen) atoms. The lowest BCUT2D eigenvalue weighted by Crippen LogP contribution is -2.31. The predicted octanol–water partition coefficient (Wildman–Crippen LogP) is 3.84. The van der Waals surface area contributed by atoms with Gasteiger partial charge in [0.25, 0.3) is 5.91 Å². The zero-order chi connectivity index (χ0) is 15.4. The highest BCUT2D eigenvalue weighted by molar-refractivity contribution is 6.09. The number of rotatable bonds is 4. The molecule has 0 aliphatic carbocycles. The number of aryl methyl sites for hydroxylation is 1. The summed E-state index contributed by atoms with van der Waals surface area (Å²) in [7, 11) is 1.78. The molecule has 0 bridgehead atoms. The van der Waals surface area contributed by atoms with Crippen LogP contribution in [0, 0.1) is 12.7 Å². The summed E-state index contributed by atoms with van der Waals surface area (Å²) in [5.41, 5.74) is 2.92. The fourth-order valence-corrected chi connectivity index (χ4v) is 2.29. The first kappa shape index (κ1) is 15.0. The third kappa shape index (κ3) is 3.21. The number of amides is 1. The molecule has 0 unspecified atom stereocenters. The number of hydrogen-bond acceptors (Lipinski definition) is 2. The van der Waals surface area contributed by atoms with Crippen LogP contribution in [0.4, 0.5) is 15.8 Å². The lowest BCUT2D eigenvalue weighted by molar-refractivity contribution is 0.0989.